The molecule has 0 spiro atoms. The average molecular weight is 281 g/mol. The molecule has 2 aromatic rings. The van der Waals surface area contributed by atoms with E-state index >= 15 is 0 Å². The Morgan fingerprint density at radius 3 is 2.84 bits per heavy atom. The van der Waals surface area contributed by atoms with Crippen LogP contribution in [0, 0.1) is 0 Å². The molecule has 7 heteroatoms. The summed E-state index contributed by atoms with van der Waals surface area (Å²) in [6.45, 7) is 0.442. The van der Waals surface area contributed by atoms with Crippen molar-refractivity contribution in [3.05, 3.63) is 41.1 Å². The van der Waals surface area contributed by atoms with Crippen molar-refractivity contribution in [2.24, 2.45) is 7.05 Å². The van der Waals surface area contributed by atoms with Crippen LogP contribution in [0.5, 0.6) is 0 Å². The minimum Gasteiger partial charge on any atom is -0.478 e. The van der Waals surface area contributed by atoms with Gasteiger partial charge in [0.05, 0.1) is 6.54 Å². The van der Waals surface area contributed by atoms with Crippen molar-refractivity contribution < 1.29 is 9.90 Å². The lowest BCUT2D eigenvalue weighted by molar-refractivity contribution is 0.0697. The number of nitrogens with zero attached hydrogens (tertiary/aromatic N) is 4. The van der Waals surface area contributed by atoms with E-state index in [1.165, 1.54) is 12.1 Å². The van der Waals surface area contributed by atoms with Gasteiger partial charge in [0, 0.05) is 26.5 Å². The van der Waals surface area contributed by atoms with Crippen LogP contribution in [0.2, 0.25) is 5.15 Å². The SMILES string of the molecule is CN(Cc1nccn1C)c1nc(Cl)ccc1C(=O)O. The zero-order chi connectivity index (χ0) is 14.0. The van der Waals surface area contributed by atoms with E-state index < -0.39 is 5.97 Å². The average Bonchev–Trinajstić information content (AvgIpc) is 2.74. The molecule has 19 heavy (non-hydrogen) atoms. The van der Waals surface area contributed by atoms with Crippen molar-refractivity contribution in [3.8, 4) is 0 Å². The third kappa shape index (κ3) is 2.85. The van der Waals surface area contributed by atoms with E-state index in [9.17, 15) is 4.79 Å². The van der Waals surface area contributed by atoms with Crippen LogP contribution in [0.3, 0.4) is 0 Å². The Labute approximate surface area is 115 Å². The first-order valence-corrected chi connectivity index (χ1v) is 5.94. The number of halogens is 1. The van der Waals surface area contributed by atoms with Gasteiger partial charge in [-0.15, -0.1) is 0 Å². The van der Waals surface area contributed by atoms with Gasteiger partial charge in [-0.05, 0) is 12.1 Å². The Hall–Kier alpha value is -2.08. The first-order valence-electron chi connectivity index (χ1n) is 5.56. The number of aryl methyl sites for hydroxylation is 1. The molecule has 0 fully saturated rings. The van der Waals surface area contributed by atoms with E-state index in [-0.39, 0.29) is 10.7 Å². The van der Waals surface area contributed by atoms with Crippen molar-refractivity contribution in [3.63, 3.8) is 0 Å². The van der Waals surface area contributed by atoms with Crippen molar-refractivity contribution in [1.82, 2.24) is 14.5 Å². The van der Waals surface area contributed by atoms with Crippen LogP contribution in [0.15, 0.2) is 24.5 Å². The standard InChI is InChI=1S/C12H13ClN4O2/c1-16-6-5-14-10(16)7-17(2)11-8(12(18)19)3-4-9(13)15-11/h3-6H,7H2,1-2H3,(H,18,19). The topological polar surface area (TPSA) is 71.2 Å². The van der Waals surface area contributed by atoms with Crippen LogP contribution in [-0.2, 0) is 13.6 Å². The maximum atomic E-state index is 11.2. The van der Waals surface area contributed by atoms with E-state index in [0.717, 1.165) is 5.82 Å². The number of rotatable bonds is 4. The summed E-state index contributed by atoms with van der Waals surface area (Å²) in [6, 6.07) is 2.91. The summed E-state index contributed by atoms with van der Waals surface area (Å²) >= 11 is 5.83. The maximum absolute atomic E-state index is 11.2. The van der Waals surface area contributed by atoms with Crippen molar-refractivity contribution in [1.29, 1.82) is 0 Å². The quantitative estimate of drug-likeness (QED) is 0.865. The fourth-order valence-electron chi connectivity index (χ4n) is 1.72. The molecule has 2 heterocycles. The smallest absolute Gasteiger partial charge is 0.339 e. The van der Waals surface area contributed by atoms with Gasteiger partial charge in [0.25, 0.3) is 0 Å². The predicted octanol–water partition coefficient (Wildman–Crippen LogP) is 1.80. The molecular weight excluding hydrogens is 268 g/mol. The van der Waals surface area contributed by atoms with Crippen LogP contribution in [0.1, 0.15) is 16.2 Å². The Bertz CT molecular complexity index is 612. The number of carboxylic acid groups (broad SMARTS) is 1. The second-order valence-corrected chi connectivity index (χ2v) is 4.51. The lowest BCUT2D eigenvalue weighted by Crippen LogP contribution is -2.22. The lowest BCUT2D eigenvalue weighted by atomic mass is 10.2. The van der Waals surface area contributed by atoms with Gasteiger partial charge in [-0.1, -0.05) is 11.6 Å². The number of aromatic nitrogens is 3. The van der Waals surface area contributed by atoms with Gasteiger partial charge < -0.3 is 14.6 Å². The minimum atomic E-state index is -1.04. The van der Waals surface area contributed by atoms with E-state index in [1.54, 1.807) is 18.1 Å². The largest absolute Gasteiger partial charge is 0.478 e. The molecular formula is C12H13ClN4O2. The Morgan fingerprint density at radius 1 is 1.53 bits per heavy atom. The molecule has 0 bridgehead atoms. The van der Waals surface area contributed by atoms with Crippen LogP contribution < -0.4 is 4.90 Å². The second kappa shape index (κ2) is 5.27. The number of carbonyl (C=O) groups is 1. The van der Waals surface area contributed by atoms with Crippen LogP contribution >= 0.6 is 11.6 Å². The molecule has 0 unspecified atom stereocenters. The highest BCUT2D eigenvalue weighted by atomic mass is 35.5. The molecule has 0 aromatic carbocycles. The Kier molecular flexibility index (Phi) is 3.71. The van der Waals surface area contributed by atoms with E-state index in [2.05, 4.69) is 9.97 Å². The van der Waals surface area contributed by atoms with Gasteiger partial charge >= 0.3 is 5.97 Å². The number of imidazole rings is 1. The minimum absolute atomic E-state index is 0.112. The monoisotopic (exact) mass is 280 g/mol. The number of hydrogen-bond donors (Lipinski definition) is 1. The van der Waals surface area contributed by atoms with Crippen LogP contribution in [-0.4, -0.2) is 32.7 Å². The molecule has 0 saturated heterocycles. The summed E-state index contributed by atoms with van der Waals surface area (Å²) in [7, 11) is 3.62. The summed E-state index contributed by atoms with van der Waals surface area (Å²) in [4.78, 5) is 21.2. The van der Waals surface area contributed by atoms with Gasteiger partial charge in [0.2, 0.25) is 0 Å². The molecule has 0 radical (unpaired) electrons. The zero-order valence-electron chi connectivity index (χ0n) is 10.5. The number of pyridine rings is 1. The van der Waals surface area contributed by atoms with Crippen molar-refractivity contribution >= 4 is 23.4 Å². The van der Waals surface area contributed by atoms with Gasteiger partial charge in [0.15, 0.2) is 0 Å². The predicted molar refractivity (Wildman–Crippen MR) is 71.5 cm³/mol. The fourth-order valence-corrected chi connectivity index (χ4v) is 1.86. The molecule has 1 N–H and O–H groups in total. The molecule has 0 aliphatic rings. The normalized spacial score (nSPS) is 10.5. The molecule has 2 aromatic heterocycles. The van der Waals surface area contributed by atoms with Gasteiger partial charge in [0.1, 0.15) is 22.4 Å². The summed E-state index contributed by atoms with van der Waals surface area (Å²) < 4.78 is 1.86. The highest BCUT2D eigenvalue weighted by molar-refractivity contribution is 6.29. The first-order chi connectivity index (χ1) is 8.99. The molecule has 6 nitrogen and oxygen atoms in total. The van der Waals surface area contributed by atoms with Crippen LogP contribution in [0.25, 0.3) is 0 Å². The third-order valence-corrected chi connectivity index (χ3v) is 2.94. The molecule has 0 aliphatic heterocycles. The number of aromatic carboxylic acids is 1. The van der Waals surface area contributed by atoms with E-state index in [1.807, 2.05) is 17.8 Å². The summed E-state index contributed by atoms with van der Waals surface area (Å²) in [5.74, 6) is 0.0921. The van der Waals surface area contributed by atoms with E-state index in [4.69, 9.17) is 16.7 Å². The molecule has 0 amide bonds. The Balaban J connectivity index is 2.32. The third-order valence-electron chi connectivity index (χ3n) is 2.73. The van der Waals surface area contributed by atoms with Gasteiger partial charge in [-0.3, -0.25) is 0 Å². The first kappa shape index (κ1) is 13.4. The Morgan fingerprint density at radius 2 is 2.26 bits per heavy atom. The highest BCUT2D eigenvalue weighted by Crippen LogP contribution is 2.21. The van der Waals surface area contributed by atoms with Crippen molar-refractivity contribution in [2.45, 2.75) is 6.54 Å². The fraction of sp³-hybridized carbons (Fsp3) is 0.250. The molecule has 0 saturated carbocycles. The zero-order valence-corrected chi connectivity index (χ0v) is 11.3. The van der Waals surface area contributed by atoms with Gasteiger partial charge in [-0.2, -0.15) is 0 Å². The highest BCUT2D eigenvalue weighted by Gasteiger charge is 2.17. The molecule has 2 rings (SSSR count). The maximum Gasteiger partial charge on any atom is 0.339 e. The second-order valence-electron chi connectivity index (χ2n) is 4.12. The van der Waals surface area contributed by atoms with Gasteiger partial charge in [-0.25, -0.2) is 14.8 Å². The number of hydrogen-bond acceptors (Lipinski definition) is 4. The molecule has 0 aliphatic carbocycles. The van der Waals surface area contributed by atoms with E-state index in [0.29, 0.717) is 12.4 Å². The van der Waals surface area contributed by atoms with Crippen molar-refractivity contribution in [2.75, 3.05) is 11.9 Å². The van der Waals surface area contributed by atoms with Crippen LogP contribution in [0.4, 0.5) is 5.82 Å². The number of carboxylic acids is 1. The summed E-state index contributed by atoms with van der Waals surface area (Å²) in [5.41, 5.74) is 0.112. The molecule has 0 atom stereocenters. The number of anilines is 1. The molecule has 100 valence electrons. The summed E-state index contributed by atoms with van der Waals surface area (Å²) in [6.07, 6.45) is 3.51. The lowest BCUT2D eigenvalue weighted by Gasteiger charge is -2.19. The summed E-state index contributed by atoms with van der Waals surface area (Å²) in [5, 5.41) is 9.41.